The third-order valence-electron chi connectivity index (χ3n) is 3.28. The monoisotopic (exact) mass is 386 g/mol. The molecule has 0 aromatic heterocycles. The quantitative estimate of drug-likeness (QED) is 0.192. The molecular weight excluding hydrogens is 376 g/mol. The normalized spacial score (nSPS) is 10.6. The first kappa shape index (κ1) is 19.6. The van der Waals surface area contributed by atoms with E-state index < -0.39 is 22.5 Å². The minimum atomic E-state index is -0.829. The largest absolute Gasteiger partial charge is 0.465 e. The number of halogens is 1. The number of hydrogen-bond acceptors (Lipinski definition) is 7. The summed E-state index contributed by atoms with van der Waals surface area (Å²) in [6.07, 6.45) is 1.27. The molecule has 0 amide bonds. The van der Waals surface area contributed by atoms with Gasteiger partial charge in [-0.15, -0.1) is 0 Å². The van der Waals surface area contributed by atoms with Crippen molar-refractivity contribution >= 4 is 35.3 Å². The lowest BCUT2D eigenvalue weighted by Crippen LogP contribution is -2.09. The third-order valence-corrected chi connectivity index (χ3v) is 3.60. The number of nitrogens with zero attached hydrogens (tertiary/aromatic N) is 2. The molecule has 0 atom stereocenters. The molecule has 0 spiro atoms. The van der Waals surface area contributed by atoms with Crippen LogP contribution in [0.15, 0.2) is 48.0 Å². The van der Waals surface area contributed by atoms with Gasteiger partial charge in [-0.25, -0.2) is 9.59 Å². The van der Waals surface area contributed by atoms with E-state index in [2.05, 4.69) is 4.74 Å². The number of nitriles is 1. The molecule has 0 saturated heterocycles. The van der Waals surface area contributed by atoms with Crippen LogP contribution in [0.3, 0.4) is 0 Å². The maximum Gasteiger partial charge on any atom is 0.348 e. The maximum atomic E-state index is 12.2. The Morgan fingerprint density at radius 3 is 2.63 bits per heavy atom. The van der Waals surface area contributed by atoms with Crippen LogP contribution in [0.2, 0.25) is 5.02 Å². The minimum Gasteiger partial charge on any atom is -0.465 e. The Kier molecular flexibility index (Phi) is 6.25. The van der Waals surface area contributed by atoms with Gasteiger partial charge in [-0.3, -0.25) is 10.1 Å². The lowest BCUT2D eigenvalue weighted by Gasteiger charge is -2.06. The van der Waals surface area contributed by atoms with E-state index in [1.165, 1.54) is 30.3 Å². The number of carbonyl (C=O) groups excluding carboxylic acids is 2. The molecule has 0 aliphatic heterocycles. The topological polar surface area (TPSA) is 120 Å². The summed E-state index contributed by atoms with van der Waals surface area (Å²) < 4.78 is 9.67. The van der Waals surface area contributed by atoms with Gasteiger partial charge in [0, 0.05) is 6.07 Å². The van der Waals surface area contributed by atoms with Crippen LogP contribution in [0.5, 0.6) is 5.75 Å². The van der Waals surface area contributed by atoms with Gasteiger partial charge in [-0.05, 0) is 35.9 Å². The highest BCUT2D eigenvalue weighted by Gasteiger charge is 2.18. The highest BCUT2D eigenvalue weighted by Crippen LogP contribution is 2.26. The van der Waals surface area contributed by atoms with Gasteiger partial charge in [0.2, 0.25) is 0 Å². The van der Waals surface area contributed by atoms with Gasteiger partial charge in [0.15, 0.2) is 0 Å². The van der Waals surface area contributed by atoms with Crippen LogP contribution in [0.4, 0.5) is 5.69 Å². The zero-order chi connectivity index (χ0) is 20.0. The van der Waals surface area contributed by atoms with Gasteiger partial charge in [0.1, 0.15) is 22.4 Å². The second kappa shape index (κ2) is 8.60. The molecule has 9 heteroatoms. The third kappa shape index (κ3) is 4.90. The zero-order valence-electron chi connectivity index (χ0n) is 13.8. The van der Waals surface area contributed by atoms with Crippen LogP contribution in [-0.4, -0.2) is 24.0 Å². The van der Waals surface area contributed by atoms with Crippen molar-refractivity contribution in [2.75, 3.05) is 7.11 Å². The molecule has 0 heterocycles. The molecule has 0 aliphatic carbocycles. The first-order valence-electron chi connectivity index (χ1n) is 7.32. The van der Waals surface area contributed by atoms with Crippen molar-refractivity contribution in [3.63, 3.8) is 0 Å². The molecule has 2 aromatic rings. The molecular formula is C18H11ClN2O6. The Labute approximate surface area is 158 Å². The number of benzene rings is 2. The van der Waals surface area contributed by atoms with Gasteiger partial charge < -0.3 is 9.47 Å². The predicted molar refractivity (Wildman–Crippen MR) is 95.1 cm³/mol. The standard InChI is InChI=1S/C18H11ClN2O6/c1-26-17(22)13(10-20)7-11-3-2-4-14(8-11)27-18(23)12-5-6-15(19)16(9-12)21(24)25/h2-9H,1H3. The van der Waals surface area contributed by atoms with E-state index in [0.29, 0.717) is 5.56 Å². The fraction of sp³-hybridized carbons (Fsp3) is 0.0556. The van der Waals surface area contributed by atoms with Gasteiger partial charge in [-0.1, -0.05) is 23.7 Å². The average molecular weight is 387 g/mol. The SMILES string of the molecule is COC(=O)C(C#N)=Cc1cccc(OC(=O)c2ccc(Cl)c([N+](=O)[O-])c2)c1. The molecule has 136 valence electrons. The van der Waals surface area contributed by atoms with Crippen molar-refractivity contribution in [1.82, 2.24) is 0 Å². The number of methoxy groups -OCH3 is 1. The molecule has 0 aliphatic rings. The number of rotatable bonds is 5. The second-order valence-electron chi connectivity index (χ2n) is 5.05. The van der Waals surface area contributed by atoms with E-state index in [9.17, 15) is 19.7 Å². The van der Waals surface area contributed by atoms with E-state index in [4.69, 9.17) is 21.6 Å². The van der Waals surface area contributed by atoms with E-state index in [1.807, 2.05) is 0 Å². The fourth-order valence-electron chi connectivity index (χ4n) is 2.03. The Bertz CT molecular complexity index is 994. The Hall–Kier alpha value is -3.70. The minimum absolute atomic E-state index is 0.0562. The van der Waals surface area contributed by atoms with Crippen molar-refractivity contribution in [2.24, 2.45) is 0 Å². The zero-order valence-corrected chi connectivity index (χ0v) is 14.6. The van der Waals surface area contributed by atoms with Crippen molar-refractivity contribution in [1.29, 1.82) is 5.26 Å². The highest BCUT2D eigenvalue weighted by atomic mass is 35.5. The number of esters is 2. The second-order valence-corrected chi connectivity index (χ2v) is 5.45. The summed E-state index contributed by atoms with van der Waals surface area (Å²) in [7, 11) is 1.15. The predicted octanol–water partition coefficient (Wildman–Crippen LogP) is 3.55. The fourth-order valence-corrected chi connectivity index (χ4v) is 2.21. The van der Waals surface area contributed by atoms with Gasteiger partial charge >= 0.3 is 11.9 Å². The Balaban J connectivity index is 2.26. The van der Waals surface area contributed by atoms with Crippen LogP contribution in [0.25, 0.3) is 6.08 Å². The van der Waals surface area contributed by atoms with Crippen molar-refractivity contribution < 1.29 is 24.0 Å². The number of hydrogen-bond donors (Lipinski definition) is 0. The highest BCUT2D eigenvalue weighted by molar-refractivity contribution is 6.32. The van der Waals surface area contributed by atoms with Crippen LogP contribution in [0.1, 0.15) is 15.9 Å². The van der Waals surface area contributed by atoms with Crippen molar-refractivity contribution in [2.45, 2.75) is 0 Å². The summed E-state index contributed by atoms with van der Waals surface area (Å²) in [4.78, 5) is 33.9. The smallest absolute Gasteiger partial charge is 0.348 e. The molecule has 0 bridgehead atoms. The van der Waals surface area contributed by atoms with Crippen LogP contribution in [-0.2, 0) is 9.53 Å². The van der Waals surface area contributed by atoms with Gasteiger partial charge in [0.05, 0.1) is 17.6 Å². The maximum absolute atomic E-state index is 12.2. The Morgan fingerprint density at radius 2 is 2.00 bits per heavy atom. The summed E-state index contributed by atoms with van der Waals surface area (Å²) in [6, 6.07) is 11.3. The van der Waals surface area contributed by atoms with Crippen molar-refractivity contribution in [3.05, 3.63) is 74.3 Å². The first-order valence-corrected chi connectivity index (χ1v) is 7.69. The first-order chi connectivity index (χ1) is 12.8. The molecule has 0 fully saturated rings. The molecule has 27 heavy (non-hydrogen) atoms. The average Bonchev–Trinajstić information content (AvgIpc) is 2.65. The van der Waals surface area contributed by atoms with E-state index in [-0.39, 0.29) is 21.9 Å². The lowest BCUT2D eigenvalue weighted by atomic mass is 10.1. The lowest BCUT2D eigenvalue weighted by molar-refractivity contribution is -0.384. The summed E-state index contributed by atoms with van der Waals surface area (Å²) in [6.45, 7) is 0. The van der Waals surface area contributed by atoms with Crippen molar-refractivity contribution in [3.8, 4) is 11.8 Å². The summed E-state index contributed by atoms with van der Waals surface area (Å²) in [5, 5.41) is 19.8. The molecule has 0 N–H and O–H groups in total. The van der Waals surface area contributed by atoms with Crippen LogP contribution >= 0.6 is 11.6 Å². The number of carbonyl (C=O) groups is 2. The van der Waals surface area contributed by atoms with E-state index >= 15 is 0 Å². The molecule has 8 nitrogen and oxygen atoms in total. The Morgan fingerprint density at radius 1 is 1.26 bits per heavy atom. The van der Waals surface area contributed by atoms with Crippen LogP contribution in [0, 0.1) is 21.4 Å². The molecule has 2 rings (SSSR count). The van der Waals surface area contributed by atoms with E-state index in [1.54, 1.807) is 18.2 Å². The van der Waals surface area contributed by atoms with Gasteiger partial charge in [-0.2, -0.15) is 5.26 Å². The number of nitro benzene ring substituents is 1. The molecule has 0 saturated carbocycles. The molecule has 0 unspecified atom stereocenters. The van der Waals surface area contributed by atoms with Crippen LogP contribution < -0.4 is 4.74 Å². The molecule has 2 aromatic carbocycles. The molecule has 0 radical (unpaired) electrons. The number of nitro groups is 1. The number of ether oxygens (including phenoxy) is 2. The van der Waals surface area contributed by atoms with E-state index in [0.717, 1.165) is 13.2 Å². The summed E-state index contributed by atoms with van der Waals surface area (Å²) >= 11 is 5.71. The van der Waals surface area contributed by atoms with Gasteiger partial charge in [0.25, 0.3) is 5.69 Å². The summed E-state index contributed by atoms with van der Waals surface area (Å²) in [5.74, 6) is -1.51. The summed E-state index contributed by atoms with van der Waals surface area (Å²) in [5.41, 5.74) is -0.280.